The van der Waals surface area contributed by atoms with Gasteiger partial charge in [-0.1, -0.05) is 42.5 Å². The van der Waals surface area contributed by atoms with Gasteiger partial charge in [0.05, 0.1) is 5.92 Å². The fourth-order valence-electron chi connectivity index (χ4n) is 3.59. The Kier molecular flexibility index (Phi) is 4.16. The van der Waals surface area contributed by atoms with E-state index < -0.39 is 40.4 Å². The van der Waals surface area contributed by atoms with Crippen LogP contribution >= 0.6 is 0 Å². The van der Waals surface area contributed by atoms with Crippen molar-refractivity contribution in [2.75, 3.05) is 0 Å². The van der Waals surface area contributed by atoms with Crippen molar-refractivity contribution >= 4 is 23.6 Å². The number of nitrogens with two attached hydrogens (primary N) is 4. The smallest absolute Gasteiger partial charge is 0.245 e. The number of allylic oxidation sites excluding steroid dienone is 5. The van der Waals surface area contributed by atoms with E-state index in [0.29, 0.717) is 0 Å². The van der Waals surface area contributed by atoms with Gasteiger partial charge in [0.15, 0.2) is 0 Å². The van der Waals surface area contributed by atoms with Crippen LogP contribution in [-0.2, 0) is 19.2 Å². The molecule has 24 heavy (non-hydrogen) atoms. The minimum atomic E-state index is -1.94. The molecule has 0 spiro atoms. The largest absolute Gasteiger partial charge is 0.369 e. The van der Waals surface area contributed by atoms with Crippen molar-refractivity contribution in [3.63, 3.8) is 0 Å². The molecule has 0 aromatic heterocycles. The van der Waals surface area contributed by atoms with E-state index in [1.54, 1.807) is 6.08 Å². The predicted molar refractivity (Wildman–Crippen MR) is 85.3 cm³/mol. The van der Waals surface area contributed by atoms with Gasteiger partial charge < -0.3 is 22.9 Å². The van der Waals surface area contributed by atoms with Gasteiger partial charge in [0.25, 0.3) is 0 Å². The van der Waals surface area contributed by atoms with E-state index in [0.717, 1.165) is 0 Å². The summed E-state index contributed by atoms with van der Waals surface area (Å²) in [5, 5.41) is 0. The Morgan fingerprint density at radius 3 is 2.12 bits per heavy atom. The summed E-state index contributed by atoms with van der Waals surface area (Å²) in [6, 6.07) is 0. The van der Waals surface area contributed by atoms with Gasteiger partial charge in [-0.15, -0.1) is 0 Å². The molecule has 8 N–H and O–H groups in total. The minimum absolute atomic E-state index is 0.123. The summed E-state index contributed by atoms with van der Waals surface area (Å²) in [5.41, 5.74) is 18.0. The predicted octanol–water partition coefficient (Wildman–Crippen LogP) is -1.47. The average Bonchev–Trinajstić information content (AvgIpc) is 2.53. The van der Waals surface area contributed by atoms with E-state index in [-0.39, 0.29) is 12.0 Å². The highest BCUT2D eigenvalue weighted by atomic mass is 16.2. The van der Waals surface area contributed by atoms with Gasteiger partial charge in [0.1, 0.15) is 10.8 Å². The molecule has 0 heterocycles. The Hall–Kier alpha value is -3.16. The van der Waals surface area contributed by atoms with Gasteiger partial charge in [-0.3, -0.25) is 19.2 Å². The molecule has 0 saturated heterocycles. The van der Waals surface area contributed by atoms with E-state index in [9.17, 15) is 19.2 Å². The maximum Gasteiger partial charge on any atom is 0.245 e. The quantitative estimate of drug-likeness (QED) is 0.482. The Morgan fingerprint density at radius 1 is 0.958 bits per heavy atom. The number of hydrogen-bond acceptors (Lipinski definition) is 4. The third-order valence-corrected chi connectivity index (χ3v) is 4.65. The molecule has 126 valence electrons. The number of hydrogen-bond donors (Lipinski definition) is 4. The summed E-state index contributed by atoms with van der Waals surface area (Å²) in [4.78, 5) is 48.9. The van der Waals surface area contributed by atoms with E-state index in [1.165, 1.54) is 36.5 Å². The molecule has 8 heteroatoms. The highest BCUT2D eigenvalue weighted by Gasteiger charge is 2.65. The summed E-state index contributed by atoms with van der Waals surface area (Å²) < 4.78 is 0. The van der Waals surface area contributed by atoms with Crippen molar-refractivity contribution < 1.29 is 19.2 Å². The maximum absolute atomic E-state index is 12.5. The Labute approximate surface area is 137 Å². The minimum Gasteiger partial charge on any atom is -0.369 e. The summed E-state index contributed by atoms with van der Waals surface area (Å²) in [7, 11) is 0. The first kappa shape index (κ1) is 17.2. The number of amides is 4. The summed E-state index contributed by atoms with van der Waals surface area (Å²) >= 11 is 0. The normalized spacial score (nSPS) is 31.3. The molecule has 0 fully saturated rings. The van der Waals surface area contributed by atoms with E-state index in [1.807, 2.05) is 0 Å². The SMILES string of the molecule is NC(=O)C1=CC=CCC1(C(N)=O)C1(C(N)=O)C=CC=CC1C(N)=O. The molecular weight excluding hydrogens is 312 g/mol. The van der Waals surface area contributed by atoms with Crippen LogP contribution < -0.4 is 22.9 Å². The van der Waals surface area contributed by atoms with Crippen LogP contribution in [0.1, 0.15) is 6.42 Å². The van der Waals surface area contributed by atoms with Crippen LogP contribution in [0.15, 0.2) is 48.1 Å². The molecular formula is C16H18N4O4. The molecule has 0 bridgehead atoms. The standard InChI is InChI=1S/C16H18N4O4/c17-11(21)9-5-1-3-7-15(9,13(19)23)16(14(20)24)8-4-2-6-10(16)12(18)22/h1-7,9H,8H2,(H2,17,21)(H2,18,22)(H2,19,23)(H2,20,24). The Bertz CT molecular complexity index is 735. The lowest BCUT2D eigenvalue weighted by molar-refractivity contribution is -0.149. The molecule has 2 aliphatic carbocycles. The number of rotatable bonds is 5. The van der Waals surface area contributed by atoms with Gasteiger partial charge in [-0.05, 0) is 6.42 Å². The van der Waals surface area contributed by atoms with Gasteiger partial charge in [0.2, 0.25) is 23.6 Å². The molecule has 0 aromatic carbocycles. The van der Waals surface area contributed by atoms with E-state index in [4.69, 9.17) is 22.9 Å². The van der Waals surface area contributed by atoms with Gasteiger partial charge in [-0.25, -0.2) is 0 Å². The van der Waals surface area contributed by atoms with Crippen molar-refractivity contribution in [2.24, 2.45) is 39.7 Å². The lowest BCUT2D eigenvalue weighted by Gasteiger charge is -2.49. The second kappa shape index (κ2) is 5.80. The second-order valence-corrected chi connectivity index (χ2v) is 5.70. The fourth-order valence-corrected chi connectivity index (χ4v) is 3.59. The molecule has 2 rings (SSSR count). The van der Waals surface area contributed by atoms with Crippen molar-refractivity contribution in [2.45, 2.75) is 6.42 Å². The number of carbonyl (C=O) groups is 4. The zero-order valence-corrected chi connectivity index (χ0v) is 12.8. The third-order valence-electron chi connectivity index (χ3n) is 4.65. The van der Waals surface area contributed by atoms with Crippen LogP contribution in [-0.4, -0.2) is 23.6 Å². The highest BCUT2D eigenvalue weighted by Crippen LogP contribution is 2.56. The van der Waals surface area contributed by atoms with Crippen LogP contribution in [0.25, 0.3) is 0 Å². The van der Waals surface area contributed by atoms with Crippen molar-refractivity contribution in [3.8, 4) is 0 Å². The highest BCUT2D eigenvalue weighted by molar-refractivity contribution is 6.08. The molecule has 0 aliphatic heterocycles. The number of carbonyl (C=O) groups excluding carboxylic acids is 4. The van der Waals surface area contributed by atoms with Crippen molar-refractivity contribution in [3.05, 3.63) is 48.1 Å². The first-order valence-corrected chi connectivity index (χ1v) is 7.14. The first-order chi connectivity index (χ1) is 11.2. The maximum atomic E-state index is 12.5. The first-order valence-electron chi connectivity index (χ1n) is 7.14. The van der Waals surface area contributed by atoms with E-state index in [2.05, 4.69) is 0 Å². The average molecular weight is 330 g/mol. The lowest BCUT2D eigenvalue weighted by atomic mass is 9.50. The molecule has 8 nitrogen and oxygen atoms in total. The van der Waals surface area contributed by atoms with Crippen LogP contribution in [0.4, 0.5) is 0 Å². The second-order valence-electron chi connectivity index (χ2n) is 5.70. The van der Waals surface area contributed by atoms with Crippen molar-refractivity contribution in [1.29, 1.82) is 0 Å². The topological polar surface area (TPSA) is 172 Å². The molecule has 0 radical (unpaired) electrons. The fraction of sp³-hybridized carbons (Fsp3) is 0.250. The summed E-state index contributed by atoms with van der Waals surface area (Å²) in [6.07, 6.45) is 9.83. The number of primary amides is 4. The van der Waals surface area contributed by atoms with Gasteiger partial charge in [0, 0.05) is 5.57 Å². The molecule has 2 aliphatic rings. The van der Waals surface area contributed by atoms with Crippen LogP contribution in [0.3, 0.4) is 0 Å². The monoisotopic (exact) mass is 330 g/mol. The summed E-state index contributed by atoms with van der Waals surface area (Å²) in [6.45, 7) is 0. The lowest BCUT2D eigenvalue weighted by Crippen LogP contribution is -2.64. The molecule has 3 unspecified atom stereocenters. The Morgan fingerprint density at radius 2 is 1.62 bits per heavy atom. The Balaban J connectivity index is 2.90. The van der Waals surface area contributed by atoms with Gasteiger partial charge in [-0.2, -0.15) is 0 Å². The molecule has 4 amide bonds. The van der Waals surface area contributed by atoms with E-state index >= 15 is 0 Å². The van der Waals surface area contributed by atoms with Crippen LogP contribution in [0.2, 0.25) is 0 Å². The van der Waals surface area contributed by atoms with Crippen LogP contribution in [0, 0.1) is 16.7 Å². The zero-order chi connectivity index (χ0) is 18.1. The zero-order valence-electron chi connectivity index (χ0n) is 12.8. The van der Waals surface area contributed by atoms with Gasteiger partial charge >= 0.3 is 0 Å². The summed E-state index contributed by atoms with van der Waals surface area (Å²) in [5.74, 6) is -5.09. The van der Waals surface area contributed by atoms with Crippen LogP contribution in [0.5, 0.6) is 0 Å². The third kappa shape index (κ3) is 2.07. The molecule has 0 saturated carbocycles. The molecule has 3 atom stereocenters. The van der Waals surface area contributed by atoms with Crippen molar-refractivity contribution in [1.82, 2.24) is 0 Å². The molecule has 0 aromatic rings.